The molecule has 1 aromatic rings. The van der Waals surface area contributed by atoms with Gasteiger partial charge in [-0.1, -0.05) is 52.0 Å². The van der Waals surface area contributed by atoms with Crippen molar-refractivity contribution < 1.29 is 4.43 Å². The molecule has 1 nitrogen and oxygen atoms in total. The third kappa shape index (κ3) is 5.14. The second kappa shape index (κ2) is 7.66. The summed E-state index contributed by atoms with van der Waals surface area (Å²) in [5, 5.41) is 0. The molecule has 0 atom stereocenters. The first kappa shape index (κ1) is 14.4. The lowest BCUT2D eigenvalue weighted by atomic mass is 9.91. The molecule has 0 fully saturated rings. The van der Waals surface area contributed by atoms with Gasteiger partial charge in [0.25, 0.3) is 0 Å². The number of hydrogen-bond acceptors (Lipinski definition) is 1. The van der Waals surface area contributed by atoms with E-state index in [9.17, 15) is 0 Å². The first-order valence-electron chi connectivity index (χ1n) is 5.33. The highest BCUT2D eigenvalue weighted by Crippen LogP contribution is 2.25. The lowest BCUT2D eigenvalue weighted by Crippen LogP contribution is -1.97. The summed E-state index contributed by atoms with van der Waals surface area (Å²) in [7, 11) is 4.22. The van der Waals surface area contributed by atoms with Crippen LogP contribution in [0.1, 0.15) is 50.7 Å². The zero-order valence-corrected chi connectivity index (χ0v) is 11.4. The second-order valence-electron chi connectivity index (χ2n) is 4.14. The lowest BCUT2D eigenvalue weighted by molar-refractivity contribution is 0.460. The molecule has 3 radical (unpaired) electrons. The third-order valence-corrected chi connectivity index (χ3v) is 2.24. The molecule has 0 saturated carbocycles. The van der Waals surface area contributed by atoms with E-state index in [-0.39, 0.29) is 0 Å². The van der Waals surface area contributed by atoms with Gasteiger partial charge in [-0.25, -0.2) is 0 Å². The van der Waals surface area contributed by atoms with Crippen molar-refractivity contribution in [1.82, 2.24) is 0 Å². The quantitative estimate of drug-likeness (QED) is 0.693. The Kier molecular flexibility index (Phi) is 7.35. The highest BCUT2D eigenvalue weighted by atomic mass is 28.2. The van der Waals surface area contributed by atoms with Crippen molar-refractivity contribution in [2.24, 2.45) is 0 Å². The number of benzene rings is 1. The molecular weight excluding hydrogens is 200 g/mol. The summed E-state index contributed by atoms with van der Waals surface area (Å²) in [5.41, 5.74) is 2.99. The van der Waals surface area contributed by atoms with Crippen LogP contribution in [0.5, 0.6) is 0 Å². The molecule has 0 unspecified atom stereocenters. The lowest BCUT2D eigenvalue weighted by Gasteiger charge is -2.14. The maximum atomic E-state index is 4.06. The standard InChI is InChI=1S/C12H18.CH3OSi/c1-9(2)11-7-5-6-8-12(11)10(3)4;1-2-3/h5-10H,1-4H3;1H3. The van der Waals surface area contributed by atoms with Crippen molar-refractivity contribution in [1.29, 1.82) is 0 Å². The van der Waals surface area contributed by atoms with Gasteiger partial charge in [0.15, 0.2) is 0 Å². The van der Waals surface area contributed by atoms with E-state index in [0.29, 0.717) is 11.8 Å². The Balaban J connectivity index is 0.000000583. The zero-order valence-electron chi connectivity index (χ0n) is 10.4. The molecule has 83 valence electrons. The molecule has 15 heavy (non-hydrogen) atoms. The molecule has 0 bridgehead atoms. The van der Waals surface area contributed by atoms with Crippen LogP contribution in [-0.4, -0.2) is 17.6 Å². The van der Waals surface area contributed by atoms with E-state index in [0.717, 1.165) is 0 Å². The van der Waals surface area contributed by atoms with E-state index < -0.39 is 0 Å². The summed E-state index contributed by atoms with van der Waals surface area (Å²) < 4.78 is 4.06. The van der Waals surface area contributed by atoms with Crippen LogP contribution in [0.15, 0.2) is 24.3 Å². The van der Waals surface area contributed by atoms with Crippen molar-refractivity contribution in [3.05, 3.63) is 35.4 Å². The van der Waals surface area contributed by atoms with Crippen molar-refractivity contribution in [3.63, 3.8) is 0 Å². The van der Waals surface area contributed by atoms with Gasteiger partial charge in [0, 0.05) is 7.11 Å². The van der Waals surface area contributed by atoms with Crippen LogP contribution in [-0.2, 0) is 4.43 Å². The molecule has 0 heterocycles. The van der Waals surface area contributed by atoms with Gasteiger partial charge in [-0.15, -0.1) is 0 Å². The minimum atomic E-state index is 0.642. The van der Waals surface area contributed by atoms with E-state index >= 15 is 0 Å². The van der Waals surface area contributed by atoms with Crippen LogP contribution in [0, 0.1) is 0 Å². The Morgan fingerprint density at radius 1 is 0.933 bits per heavy atom. The molecule has 0 saturated heterocycles. The zero-order chi connectivity index (χ0) is 11.8. The monoisotopic (exact) mass is 221 g/mol. The van der Waals surface area contributed by atoms with Gasteiger partial charge in [-0.05, 0) is 23.0 Å². The average molecular weight is 221 g/mol. The van der Waals surface area contributed by atoms with Crippen LogP contribution < -0.4 is 0 Å². The predicted octanol–water partition coefficient (Wildman–Crippen LogP) is 3.65. The van der Waals surface area contributed by atoms with Gasteiger partial charge in [0.2, 0.25) is 10.5 Å². The van der Waals surface area contributed by atoms with Gasteiger partial charge in [-0.2, -0.15) is 0 Å². The van der Waals surface area contributed by atoms with Crippen LogP contribution in [0.25, 0.3) is 0 Å². The molecule has 2 heteroatoms. The summed E-state index contributed by atoms with van der Waals surface area (Å²) >= 11 is 0. The fraction of sp³-hybridized carbons (Fsp3) is 0.538. The molecule has 0 N–H and O–H groups in total. The van der Waals surface area contributed by atoms with Gasteiger partial charge in [-0.3, -0.25) is 0 Å². The highest BCUT2D eigenvalue weighted by molar-refractivity contribution is 5.97. The maximum absolute atomic E-state index is 4.06. The summed E-state index contributed by atoms with van der Waals surface area (Å²) in [6.07, 6.45) is 0. The smallest absolute Gasteiger partial charge is 0.245 e. The van der Waals surface area contributed by atoms with E-state index in [1.54, 1.807) is 0 Å². The SMILES string of the molecule is CC(C)c1ccccc1C(C)C.CO[Si]. The van der Waals surface area contributed by atoms with Gasteiger partial charge >= 0.3 is 0 Å². The average Bonchev–Trinajstić information content (AvgIpc) is 2.19. The minimum absolute atomic E-state index is 0.642. The first-order valence-corrected chi connectivity index (χ1v) is 5.73. The van der Waals surface area contributed by atoms with Crippen LogP contribution in [0.4, 0.5) is 0 Å². The molecule has 0 aliphatic heterocycles. The molecule has 1 rings (SSSR count). The Labute approximate surface area is 97.4 Å². The largest absolute Gasteiger partial charge is 0.422 e. The van der Waals surface area contributed by atoms with Crippen molar-refractivity contribution >= 4 is 10.5 Å². The van der Waals surface area contributed by atoms with Crippen molar-refractivity contribution in [3.8, 4) is 0 Å². The van der Waals surface area contributed by atoms with E-state index in [2.05, 4.69) is 66.9 Å². The Hall–Kier alpha value is -0.603. The number of rotatable bonds is 2. The molecule has 0 aliphatic carbocycles. The Morgan fingerprint density at radius 2 is 1.20 bits per heavy atom. The summed E-state index contributed by atoms with van der Waals surface area (Å²) in [4.78, 5) is 0. The van der Waals surface area contributed by atoms with E-state index in [4.69, 9.17) is 0 Å². The summed E-state index contributed by atoms with van der Waals surface area (Å²) in [5.74, 6) is 1.28. The van der Waals surface area contributed by atoms with Crippen LogP contribution in [0.2, 0.25) is 0 Å². The van der Waals surface area contributed by atoms with Crippen LogP contribution >= 0.6 is 0 Å². The van der Waals surface area contributed by atoms with Gasteiger partial charge < -0.3 is 4.43 Å². The van der Waals surface area contributed by atoms with E-state index in [1.807, 2.05) is 0 Å². The van der Waals surface area contributed by atoms with Crippen molar-refractivity contribution in [2.45, 2.75) is 39.5 Å². The van der Waals surface area contributed by atoms with Crippen molar-refractivity contribution in [2.75, 3.05) is 7.11 Å². The fourth-order valence-electron chi connectivity index (χ4n) is 1.56. The molecule has 1 aromatic carbocycles. The third-order valence-electron chi connectivity index (χ3n) is 2.24. The van der Waals surface area contributed by atoms with E-state index in [1.165, 1.54) is 18.2 Å². The molecule has 0 aromatic heterocycles. The molecule has 0 aliphatic rings. The Bertz CT molecular complexity index is 242. The predicted molar refractivity (Wildman–Crippen MR) is 67.4 cm³/mol. The fourth-order valence-corrected chi connectivity index (χ4v) is 1.56. The van der Waals surface area contributed by atoms with Gasteiger partial charge in [0.05, 0.1) is 0 Å². The van der Waals surface area contributed by atoms with Gasteiger partial charge in [0.1, 0.15) is 0 Å². The molecule has 0 amide bonds. The summed E-state index contributed by atoms with van der Waals surface area (Å²) in [6, 6.07) is 8.72. The second-order valence-corrected chi connectivity index (χ2v) is 4.55. The Morgan fingerprint density at radius 3 is 1.40 bits per heavy atom. The minimum Gasteiger partial charge on any atom is -0.422 e. The first-order chi connectivity index (χ1) is 7.04. The maximum Gasteiger partial charge on any atom is 0.245 e. The molecular formula is C13H21OSi. The van der Waals surface area contributed by atoms with Crippen LogP contribution in [0.3, 0.4) is 0 Å². The normalized spacial score (nSPS) is 10.1. The highest BCUT2D eigenvalue weighted by Gasteiger charge is 2.07. The topological polar surface area (TPSA) is 9.23 Å². The molecule has 0 spiro atoms. The number of hydrogen-bond donors (Lipinski definition) is 0. The summed E-state index contributed by atoms with van der Waals surface area (Å²) in [6.45, 7) is 9.00.